The minimum absolute atomic E-state index is 0.151. The summed E-state index contributed by atoms with van der Waals surface area (Å²) in [4.78, 5) is 14.0. The van der Waals surface area contributed by atoms with Crippen LogP contribution < -0.4 is 5.32 Å². The zero-order valence-electron chi connectivity index (χ0n) is 12.5. The molecule has 4 heteroatoms. The average molecular weight is 268 g/mol. The van der Waals surface area contributed by atoms with E-state index in [1.165, 1.54) is 32.8 Å². The Hall–Kier alpha value is -0.610. The van der Waals surface area contributed by atoms with E-state index in [4.69, 9.17) is 4.74 Å². The van der Waals surface area contributed by atoms with E-state index in [9.17, 15) is 4.79 Å². The molecule has 0 aromatic heterocycles. The van der Waals surface area contributed by atoms with Crippen molar-refractivity contribution in [2.45, 2.75) is 38.6 Å². The summed E-state index contributed by atoms with van der Waals surface area (Å²) in [5.74, 6) is 2.64. The van der Waals surface area contributed by atoms with Gasteiger partial charge in [-0.05, 0) is 50.6 Å². The fourth-order valence-electron chi connectivity index (χ4n) is 4.00. The monoisotopic (exact) mass is 268 g/mol. The fourth-order valence-corrected chi connectivity index (χ4v) is 4.00. The topological polar surface area (TPSA) is 41.6 Å². The van der Waals surface area contributed by atoms with Crippen LogP contribution in [0.3, 0.4) is 0 Å². The van der Waals surface area contributed by atoms with E-state index < -0.39 is 0 Å². The van der Waals surface area contributed by atoms with Gasteiger partial charge in [-0.25, -0.2) is 0 Å². The largest absolute Gasteiger partial charge is 0.468 e. The van der Waals surface area contributed by atoms with E-state index in [-0.39, 0.29) is 12.0 Å². The lowest BCUT2D eigenvalue weighted by Crippen LogP contribution is -2.46. The molecular weight excluding hydrogens is 240 g/mol. The van der Waals surface area contributed by atoms with Crippen molar-refractivity contribution in [2.75, 3.05) is 33.8 Å². The van der Waals surface area contributed by atoms with Crippen LogP contribution in [0.2, 0.25) is 0 Å². The summed E-state index contributed by atoms with van der Waals surface area (Å²) in [5.41, 5.74) is 0. The molecule has 0 heterocycles. The van der Waals surface area contributed by atoms with E-state index >= 15 is 0 Å². The molecule has 2 rings (SSSR count). The summed E-state index contributed by atoms with van der Waals surface area (Å²) in [6.45, 7) is 4.68. The molecule has 4 nitrogen and oxygen atoms in total. The summed E-state index contributed by atoms with van der Waals surface area (Å²) in [6, 6.07) is -0.196. The van der Waals surface area contributed by atoms with Gasteiger partial charge in [0.1, 0.15) is 6.04 Å². The van der Waals surface area contributed by atoms with E-state index in [0.29, 0.717) is 0 Å². The lowest BCUT2D eigenvalue weighted by atomic mass is 9.88. The molecule has 0 radical (unpaired) electrons. The third-order valence-corrected chi connectivity index (χ3v) is 4.86. The highest BCUT2D eigenvalue weighted by atomic mass is 16.5. The summed E-state index contributed by atoms with van der Waals surface area (Å²) < 4.78 is 4.86. The summed E-state index contributed by atoms with van der Waals surface area (Å²) in [7, 11) is 3.59. The first-order chi connectivity index (χ1) is 9.13. The molecular formula is C15H28N2O2. The van der Waals surface area contributed by atoms with Gasteiger partial charge in [0, 0.05) is 13.1 Å². The Morgan fingerprint density at radius 1 is 1.42 bits per heavy atom. The Morgan fingerprint density at radius 2 is 2.21 bits per heavy atom. The number of nitrogens with zero attached hydrogens (tertiary/aromatic N) is 1. The third-order valence-electron chi connectivity index (χ3n) is 4.86. The number of hydrogen-bond acceptors (Lipinski definition) is 4. The smallest absolute Gasteiger partial charge is 0.324 e. The van der Waals surface area contributed by atoms with Crippen LogP contribution in [0.15, 0.2) is 0 Å². The molecule has 0 aliphatic heterocycles. The van der Waals surface area contributed by atoms with E-state index in [1.54, 1.807) is 0 Å². The van der Waals surface area contributed by atoms with Crippen LogP contribution in [0.4, 0.5) is 0 Å². The number of esters is 1. The van der Waals surface area contributed by atoms with Crippen LogP contribution in [0.5, 0.6) is 0 Å². The van der Waals surface area contributed by atoms with Crippen molar-refractivity contribution in [1.29, 1.82) is 0 Å². The zero-order chi connectivity index (χ0) is 13.8. The van der Waals surface area contributed by atoms with Crippen LogP contribution >= 0.6 is 0 Å². The first-order valence-corrected chi connectivity index (χ1v) is 7.63. The normalized spacial score (nSPS) is 30.8. The molecule has 2 aliphatic rings. The van der Waals surface area contributed by atoms with Gasteiger partial charge in [0.25, 0.3) is 0 Å². The zero-order valence-corrected chi connectivity index (χ0v) is 12.5. The lowest BCUT2D eigenvalue weighted by molar-refractivity contribution is -0.143. The molecule has 2 bridgehead atoms. The highest BCUT2D eigenvalue weighted by Crippen LogP contribution is 2.48. The Morgan fingerprint density at radius 3 is 2.74 bits per heavy atom. The van der Waals surface area contributed by atoms with Crippen LogP contribution in [0, 0.1) is 17.8 Å². The van der Waals surface area contributed by atoms with E-state index in [2.05, 4.69) is 17.3 Å². The first kappa shape index (κ1) is 14.8. The number of nitrogens with one attached hydrogen (secondary N) is 1. The van der Waals surface area contributed by atoms with Crippen molar-refractivity contribution in [3.8, 4) is 0 Å². The van der Waals surface area contributed by atoms with Crippen molar-refractivity contribution >= 4 is 5.97 Å². The summed E-state index contributed by atoms with van der Waals surface area (Å²) >= 11 is 0. The van der Waals surface area contributed by atoms with Crippen molar-refractivity contribution in [2.24, 2.45) is 17.8 Å². The van der Waals surface area contributed by atoms with Gasteiger partial charge in [0.2, 0.25) is 0 Å². The highest BCUT2D eigenvalue weighted by Gasteiger charge is 2.39. The number of hydrogen-bond donors (Lipinski definition) is 1. The molecule has 2 aliphatic carbocycles. The number of carbonyl (C=O) groups is 1. The average Bonchev–Trinajstić information content (AvgIpc) is 2.99. The standard InChI is InChI=1S/C15H28N2O2/c1-4-16-14(15(18)19-3)10-17(2)9-13-8-11-5-6-12(13)7-11/h11-14,16H,4-10H2,1-3H3. The van der Waals surface area contributed by atoms with Gasteiger partial charge in [0.05, 0.1) is 7.11 Å². The lowest BCUT2D eigenvalue weighted by Gasteiger charge is -2.29. The van der Waals surface area contributed by atoms with Crippen LogP contribution in [0.1, 0.15) is 32.6 Å². The molecule has 0 saturated heterocycles. The molecule has 0 amide bonds. The maximum atomic E-state index is 11.7. The van der Waals surface area contributed by atoms with Crippen molar-refractivity contribution in [3.63, 3.8) is 0 Å². The molecule has 0 spiro atoms. The molecule has 4 unspecified atom stereocenters. The van der Waals surface area contributed by atoms with Crippen LogP contribution in [0.25, 0.3) is 0 Å². The Labute approximate surface area is 116 Å². The van der Waals surface area contributed by atoms with Gasteiger partial charge in [-0.1, -0.05) is 13.3 Å². The minimum atomic E-state index is -0.196. The number of rotatable bonds is 7. The highest BCUT2D eigenvalue weighted by molar-refractivity contribution is 5.75. The summed E-state index contributed by atoms with van der Waals surface area (Å²) in [5, 5.41) is 3.21. The van der Waals surface area contributed by atoms with Crippen molar-refractivity contribution in [1.82, 2.24) is 10.2 Å². The van der Waals surface area contributed by atoms with Gasteiger partial charge in [-0.15, -0.1) is 0 Å². The second-order valence-corrected chi connectivity index (χ2v) is 6.29. The maximum absolute atomic E-state index is 11.7. The Balaban J connectivity index is 1.78. The molecule has 19 heavy (non-hydrogen) atoms. The van der Waals surface area contributed by atoms with Gasteiger partial charge >= 0.3 is 5.97 Å². The molecule has 0 aromatic rings. The maximum Gasteiger partial charge on any atom is 0.324 e. The minimum Gasteiger partial charge on any atom is -0.468 e. The Kier molecular flexibility index (Phi) is 5.22. The number of fused-ring (bicyclic) bond motifs is 2. The molecule has 110 valence electrons. The molecule has 1 N–H and O–H groups in total. The van der Waals surface area contributed by atoms with Crippen LogP contribution in [-0.4, -0.2) is 50.7 Å². The van der Waals surface area contributed by atoms with E-state index in [0.717, 1.165) is 37.4 Å². The predicted octanol–water partition coefficient (Wildman–Crippen LogP) is 1.51. The fraction of sp³-hybridized carbons (Fsp3) is 0.933. The van der Waals surface area contributed by atoms with Gasteiger partial charge < -0.3 is 15.0 Å². The van der Waals surface area contributed by atoms with Gasteiger partial charge in [-0.2, -0.15) is 0 Å². The number of carbonyl (C=O) groups excluding carboxylic acids is 1. The second-order valence-electron chi connectivity index (χ2n) is 6.29. The van der Waals surface area contributed by atoms with Crippen molar-refractivity contribution < 1.29 is 9.53 Å². The number of ether oxygens (including phenoxy) is 1. The quantitative estimate of drug-likeness (QED) is 0.711. The Bertz CT molecular complexity index is 309. The third kappa shape index (κ3) is 3.69. The number of likely N-dealkylation sites (N-methyl/N-ethyl adjacent to an activating group) is 2. The van der Waals surface area contributed by atoms with Crippen molar-refractivity contribution in [3.05, 3.63) is 0 Å². The predicted molar refractivity (Wildman–Crippen MR) is 75.9 cm³/mol. The number of methoxy groups -OCH3 is 1. The molecule has 2 fully saturated rings. The van der Waals surface area contributed by atoms with Crippen LogP contribution in [-0.2, 0) is 9.53 Å². The van der Waals surface area contributed by atoms with Gasteiger partial charge in [0.15, 0.2) is 0 Å². The molecule has 2 saturated carbocycles. The second kappa shape index (κ2) is 6.71. The van der Waals surface area contributed by atoms with E-state index in [1.807, 2.05) is 6.92 Å². The van der Waals surface area contributed by atoms with Gasteiger partial charge in [-0.3, -0.25) is 4.79 Å². The molecule has 4 atom stereocenters. The molecule has 0 aromatic carbocycles. The summed E-state index contributed by atoms with van der Waals surface area (Å²) in [6.07, 6.45) is 5.73. The first-order valence-electron chi connectivity index (χ1n) is 7.63. The SMILES string of the molecule is CCNC(CN(C)CC1CC2CCC1C2)C(=O)OC.